The van der Waals surface area contributed by atoms with Gasteiger partial charge < -0.3 is 34.6 Å². The van der Waals surface area contributed by atoms with Crippen molar-refractivity contribution in [2.75, 3.05) is 43.3 Å². The molecule has 0 aromatic heterocycles. The second-order valence-electron chi connectivity index (χ2n) is 15.9. The van der Waals surface area contributed by atoms with Gasteiger partial charge in [-0.2, -0.15) is 0 Å². The molecule has 5 atom stereocenters. The fraction of sp³-hybridized carbons (Fsp3) is 0.422. The lowest BCUT2D eigenvalue weighted by atomic mass is 9.82. The first kappa shape index (κ1) is 40.9. The third-order valence-corrected chi connectivity index (χ3v) is 16.8. The Morgan fingerprint density at radius 3 is 2.42 bits per heavy atom. The van der Waals surface area contributed by atoms with E-state index in [1.54, 1.807) is 16.9 Å². The van der Waals surface area contributed by atoms with Crippen LogP contribution >= 0.6 is 11.6 Å². The van der Waals surface area contributed by atoms with Crippen LogP contribution in [-0.4, -0.2) is 75.7 Å². The smallest absolute Gasteiger partial charge is 0.264 e. The molecule has 1 fully saturated rings. The number of fused-ring (bicyclic) bond motifs is 3. The molecule has 1 saturated heterocycles. The number of hydrogen-bond donors (Lipinski definition) is 3. The molecule has 2 amide bonds. The molecule has 3 heterocycles. The summed E-state index contributed by atoms with van der Waals surface area (Å²) in [6.07, 6.45) is 1.98. The van der Waals surface area contributed by atoms with Crippen LogP contribution in [0.4, 0.5) is 17.1 Å². The van der Waals surface area contributed by atoms with Crippen LogP contribution in [0.2, 0.25) is 23.7 Å². The Kier molecular flexibility index (Phi) is 12.2. The number of aliphatic hydroxyl groups excluding tert-OH is 2. The second-order valence-corrected chi connectivity index (χ2v) is 21.1. The number of carbonyl (C=O) groups is 2. The number of nitrogens with zero attached hydrogens (tertiary/aromatic N) is 2. The first-order valence-electron chi connectivity index (χ1n) is 20.1. The van der Waals surface area contributed by atoms with Crippen LogP contribution in [0.15, 0.2) is 84.9 Å². The van der Waals surface area contributed by atoms with Gasteiger partial charge >= 0.3 is 0 Å². The molecule has 1 unspecified atom stereocenters. The van der Waals surface area contributed by atoms with Crippen molar-refractivity contribution in [2.24, 2.45) is 5.92 Å². The van der Waals surface area contributed by atoms with Crippen molar-refractivity contribution < 1.29 is 34.0 Å². The average Bonchev–Trinajstić information content (AvgIpc) is 3.62. The molecule has 0 saturated carbocycles. The summed E-state index contributed by atoms with van der Waals surface area (Å²) in [5, 5.41) is 24.8. The zero-order chi connectivity index (χ0) is 40.5. The molecular formula is C45H54ClN3O7Si. The number of aliphatic hydroxyl groups is 2. The first-order chi connectivity index (χ1) is 27.5. The average molecular weight is 812 g/mol. The van der Waals surface area contributed by atoms with E-state index in [1.807, 2.05) is 79.7 Å². The predicted molar refractivity (Wildman–Crippen MR) is 227 cm³/mol. The van der Waals surface area contributed by atoms with Crippen LogP contribution < -0.4 is 29.8 Å². The maximum atomic E-state index is 15.2. The van der Waals surface area contributed by atoms with Crippen molar-refractivity contribution in [3.05, 3.63) is 107 Å². The number of carbonyl (C=O) groups excluding carboxylic acids is 2. The molecule has 0 radical (unpaired) electrons. The molecule has 302 valence electrons. The van der Waals surface area contributed by atoms with Crippen LogP contribution in [0.3, 0.4) is 0 Å². The van der Waals surface area contributed by atoms with Crippen molar-refractivity contribution in [1.82, 2.24) is 5.32 Å². The molecule has 0 bridgehead atoms. The Hall–Kier alpha value is -4.23. The topological polar surface area (TPSA) is 121 Å². The SMILES string of the molecule is CCOc1ccc2c(c1)CC(NCCCCO)C(=O)N2c1cccc(CN2C(=O)[C@]3(O[C@H](CCO)[C@@H]([Si](C)(C)c4ccc(OC)cc4)[C@@H]3C)c3cc(Cl)ccc32)c1. The minimum Gasteiger partial charge on any atom is -0.497 e. The van der Waals surface area contributed by atoms with Gasteiger partial charge in [0.15, 0.2) is 5.60 Å². The summed E-state index contributed by atoms with van der Waals surface area (Å²) in [6.45, 7) is 10.1. The highest BCUT2D eigenvalue weighted by atomic mass is 35.5. The van der Waals surface area contributed by atoms with Crippen molar-refractivity contribution in [1.29, 1.82) is 0 Å². The van der Waals surface area contributed by atoms with Crippen LogP contribution in [-0.2, 0) is 32.9 Å². The van der Waals surface area contributed by atoms with Crippen molar-refractivity contribution in [3.63, 3.8) is 0 Å². The molecule has 0 aliphatic carbocycles. The normalized spacial score (nSPS) is 22.9. The third kappa shape index (κ3) is 7.50. The molecule has 12 heteroatoms. The lowest BCUT2D eigenvalue weighted by Gasteiger charge is -2.37. The van der Waals surface area contributed by atoms with E-state index in [2.05, 4.69) is 37.5 Å². The second kappa shape index (κ2) is 16.9. The number of ether oxygens (including phenoxy) is 3. The standard InChI is InChI=1S/C45H54ClN3O7Si/c1-6-55-35-15-19-39-31(25-35)26-38(47-21-7-8-22-50)43(52)49(39)33-11-9-10-30(24-33)28-48-40-18-12-32(46)27-37(40)45(44(48)53)29(2)42(41(56-45)20-23-51)57(4,5)36-16-13-34(54-3)14-17-36/h9-19,24-25,27,29,38,41-42,47,50-51H,6-8,20-23,26,28H2,1-5H3/t29-,38?,41+,42-,45+/m0/s1. The van der Waals surface area contributed by atoms with Gasteiger partial charge in [0, 0.05) is 35.4 Å². The van der Waals surface area contributed by atoms with E-state index in [4.69, 9.17) is 25.8 Å². The van der Waals surface area contributed by atoms with Gasteiger partial charge in [-0.3, -0.25) is 14.5 Å². The number of benzene rings is 4. The molecule has 57 heavy (non-hydrogen) atoms. The minimum absolute atomic E-state index is 0.00396. The molecule has 3 aliphatic heterocycles. The van der Waals surface area contributed by atoms with Gasteiger partial charge in [-0.25, -0.2) is 0 Å². The molecule has 4 aromatic carbocycles. The largest absolute Gasteiger partial charge is 0.497 e. The van der Waals surface area contributed by atoms with E-state index >= 15 is 4.79 Å². The molecule has 7 rings (SSSR count). The number of methoxy groups -OCH3 is 1. The number of rotatable bonds is 15. The fourth-order valence-electron chi connectivity index (χ4n) is 9.54. The van der Waals surface area contributed by atoms with E-state index in [-0.39, 0.29) is 49.1 Å². The summed E-state index contributed by atoms with van der Waals surface area (Å²) in [4.78, 5) is 33.1. The lowest BCUT2D eigenvalue weighted by Crippen LogP contribution is -2.51. The van der Waals surface area contributed by atoms with Gasteiger partial charge in [0.1, 0.15) is 11.5 Å². The molecule has 3 aliphatic rings. The molecule has 1 spiro atoms. The van der Waals surface area contributed by atoms with E-state index in [9.17, 15) is 15.0 Å². The van der Waals surface area contributed by atoms with Crippen molar-refractivity contribution in [3.8, 4) is 11.5 Å². The Balaban J connectivity index is 1.23. The van der Waals surface area contributed by atoms with Gasteiger partial charge in [0.2, 0.25) is 5.91 Å². The summed E-state index contributed by atoms with van der Waals surface area (Å²) in [5.74, 6) is 1.08. The van der Waals surface area contributed by atoms with E-state index < -0.39 is 19.7 Å². The van der Waals surface area contributed by atoms with Crippen molar-refractivity contribution in [2.45, 2.75) is 82.5 Å². The lowest BCUT2D eigenvalue weighted by molar-refractivity contribution is -0.146. The van der Waals surface area contributed by atoms with Crippen LogP contribution in [0.1, 0.15) is 49.8 Å². The number of nitrogens with one attached hydrogen (secondary N) is 1. The minimum atomic E-state index is -2.35. The summed E-state index contributed by atoms with van der Waals surface area (Å²) < 4.78 is 18.3. The monoisotopic (exact) mass is 811 g/mol. The number of unbranched alkanes of at least 4 members (excludes halogenated alkanes) is 1. The summed E-state index contributed by atoms with van der Waals surface area (Å²) in [7, 11) is -0.690. The molecule has 3 N–H and O–H groups in total. The number of hydrogen-bond acceptors (Lipinski definition) is 8. The fourth-order valence-corrected chi connectivity index (χ4v) is 13.8. The van der Waals surface area contributed by atoms with Crippen LogP contribution in [0.5, 0.6) is 11.5 Å². The molecule has 10 nitrogen and oxygen atoms in total. The van der Waals surface area contributed by atoms with Crippen molar-refractivity contribution >= 4 is 53.7 Å². The Bertz CT molecular complexity index is 2100. The Morgan fingerprint density at radius 2 is 1.70 bits per heavy atom. The maximum absolute atomic E-state index is 15.2. The van der Waals surface area contributed by atoms with Gasteiger partial charge in [0.25, 0.3) is 5.91 Å². The molecular weight excluding hydrogens is 758 g/mol. The van der Waals surface area contributed by atoms with E-state index in [0.29, 0.717) is 43.1 Å². The summed E-state index contributed by atoms with van der Waals surface area (Å²) in [5.41, 5.74) is 3.52. The number of halogens is 1. The highest BCUT2D eigenvalue weighted by Gasteiger charge is 2.66. The van der Waals surface area contributed by atoms with Gasteiger partial charge in [-0.05, 0) is 116 Å². The molecule has 4 aromatic rings. The van der Waals surface area contributed by atoms with E-state index in [1.165, 1.54) is 5.19 Å². The third-order valence-electron chi connectivity index (χ3n) is 12.2. The predicted octanol–water partition coefficient (Wildman–Crippen LogP) is 6.84. The summed E-state index contributed by atoms with van der Waals surface area (Å²) >= 11 is 6.69. The van der Waals surface area contributed by atoms with Crippen LogP contribution in [0, 0.1) is 5.92 Å². The highest BCUT2D eigenvalue weighted by molar-refractivity contribution is 6.91. The maximum Gasteiger partial charge on any atom is 0.264 e. The zero-order valence-electron chi connectivity index (χ0n) is 33.5. The number of anilines is 3. The van der Waals surface area contributed by atoms with Crippen LogP contribution in [0.25, 0.3) is 0 Å². The Labute approximate surface area is 341 Å². The van der Waals surface area contributed by atoms with Gasteiger partial charge in [0.05, 0.1) is 51.9 Å². The zero-order valence-corrected chi connectivity index (χ0v) is 35.2. The van der Waals surface area contributed by atoms with Gasteiger partial charge in [-0.15, -0.1) is 0 Å². The summed E-state index contributed by atoms with van der Waals surface area (Å²) in [6, 6.07) is 27.0. The highest BCUT2D eigenvalue weighted by Crippen LogP contribution is 2.60. The quantitative estimate of drug-likeness (QED) is 0.0882. The Morgan fingerprint density at radius 1 is 0.947 bits per heavy atom. The first-order valence-corrected chi connectivity index (χ1v) is 23.5. The van der Waals surface area contributed by atoms with E-state index in [0.717, 1.165) is 46.0 Å². The number of amides is 2. The van der Waals surface area contributed by atoms with Gasteiger partial charge in [-0.1, -0.05) is 61.1 Å².